The van der Waals surface area contributed by atoms with Crippen LogP contribution in [-0.2, 0) is 23.0 Å². The average molecular weight is 372 g/mol. The van der Waals surface area contributed by atoms with E-state index in [1.165, 1.54) is 0 Å². The number of hydrogen-bond acceptors (Lipinski definition) is 3. The van der Waals surface area contributed by atoms with E-state index in [0.717, 1.165) is 29.7 Å². The second-order valence-electron chi connectivity index (χ2n) is 5.35. The molecule has 0 aliphatic heterocycles. The van der Waals surface area contributed by atoms with E-state index in [1.54, 1.807) is 27.8 Å². The second kappa shape index (κ2) is 8.83. The predicted molar refractivity (Wildman–Crippen MR) is 97.7 cm³/mol. The number of thiophene rings is 1. The molecule has 0 saturated heterocycles. The summed E-state index contributed by atoms with van der Waals surface area (Å²) in [6, 6.07) is 11.0. The average Bonchev–Trinajstić information content (AvgIpc) is 3.05. The van der Waals surface area contributed by atoms with Gasteiger partial charge in [0.25, 0.3) is 0 Å². The van der Waals surface area contributed by atoms with Crippen molar-refractivity contribution in [3.8, 4) is 0 Å². The van der Waals surface area contributed by atoms with E-state index in [-0.39, 0.29) is 0 Å². The van der Waals surface area contributed by atoms with Gasteiger partial charge in [0.1, 0.15) is 0 Å². The molecular weight excluding hydrogens is 350 g/mol. The van der Waals surface area contributed by atoms with Crippen molar-refractivity contribution in [2.24, 2.45) is 0 Å². The van der Waals surface area contributed by atoms with Gasteiger partial charge in [-0.1, -0.05) is 31.5 Å². The van der Waals surface area contributed by atoms with Crippen molar-refractivity contribution >= 4 is 33.0 Å². The fraction of sp³-hybridized carbons (Fsp3) is 0.412. The summed E-state index contributed by atoms with van der Waals surface area (Å²) in [6.45, 7) is 3.04. The van der Waals surface area contributed by atoms with Crippen LogP contribution in [0.5, 0.6) is 0 Å². The summed E-state index contributed by atoms with van der Waals surface area (Å²) in [4.78, 5) is 1.41. The molecule has 6 heteroatoms. The molecule has 0 spiro atoms. The first-order valence-electron chi connectivity index (χ1n) is 7.75. The summed E-state index contributed by atoms with van der Waals surface area (Å²) in [7, 11) is -3.47. The molecule has 0 amide bonds. The molecule has 1 aromatic carbocycles. The molecule has 23 heavy (non-hydrogen) atoms. The summed E-state index contributed by atoms with van der Waals surface area (Å²) in [5.41, 5.74) is 1.05. The van der Waals surface area contributed by atoms with E-state index in [1.807, 2.05) is 29.6 Å². The van der Waals surface area contributed by atoms with Gasteiger partial charge in [0, 0.05) is 23.8 Å². The zero-order valence-electron chi connectivity index (χ0n) is 13.2. The molecule has 0 aliphatic carbocycles. The monoisotopic (exact) mass is 371 g/mol. The van der Waals surface area contributed by atoms with Crippen molar-refractivity contribution in [2.45, 2.75) is 37.6 Å². The first-order chi connectivity index (χ1) is 11.1. The van der Waals surface area contributed by atoms with Crippen LogP contribution in [0.1, 0.15) is 30.2 Å². The fourth-order valence-corrected chi connectivity index (χ4v) is 4.76. The molecule has 0 saturated carbocycles. The molecular formula is C17H22ClNO2S2. The highest BCUT2D eigenvalue weighted by molar-refractivity contribution is 7.89. The third-order valence-corrected chi connectivity index (χ3v) is 6.53. The van der Waals surface area contributed by atoms with Gasteiger partial charge in [-0.2, -0.15) is 4.31 Å². The summed E-state index contributed by atoms with van der Waals surface area (Å²) in [5.74, 6) is 0.535. The number of hydrogen-bond donors (Lipinski definition) is 0. The van der Waals surface area contributed by atoms with Crippen LogP contribution in [0.4, 0.5) is 0 Å². The molecule has 1 heterocycles. The fourth-order valence-electron chi connectivity index (χ4n) is 2.28. The zero-order valence-corrected chi connectivity index (χ0v) is 15.6. The molecule has 1 aromatic heterocycles. The lowest BCUT2D eigenvalue weighted by Crippen LogP contribution is -2.31. The Morgan fingerprint density at radius 2 is 1.91 bits per heavy atom. The lowest BCUT2D eigenvalue weighted by Gasteiger charge is -2.21. The number of sulfonamides is 1. The Morgan fingerprint density at radius 3 is 2.48 bits per heavy atom. The number of benzene rings is 1. The normalized spacial score (nSPS) is 12.0. The van der Waals surface area contributed by atoms with E-state index in [2.05, 4.69) is 6.92 Å². The summed E-state index contributed by atoms with van der Waals surface area (Å²) in [5, 5.41) is 1.97. The highest BCUT2D eigenvalue weighted by Gasteiger charge is 2.24. The largest absolute Gasteiger partial charge is 0.243 e. The van der Waals surface area contributed by atoms with Gasteiger partial charge in [0.15, 0.2) is 0 Å². The Labute approximate surface area is 148 Å². The minimum atomic E-state index is -3.47. The minimum Gasteiger partial charge on any atom is -0.207 e. The quantitative estimate of drug-likeness (QED) is 0.607. The van der Waals surface area contributed by atoms with Gasteiger partial charge in [-0.15, -0.1) is 22.9 Å². The Bertz CT molecular complexity index is 682. The van der Waals surface area contributed by atoms with Crippen LogP contribution in [-0.4, -0.2) is 25.1 Å². The Balaban J connectivity index is 2.23. The highest BCUT2D eigenvalue weighted by Crippen LogP contribution is 2.21. The van der Waals surface area contributed by atoms with Gasteiger partial charge in [-0.25, -0.2) is 8.42 Å². The number of alkyl halides is 1. The lowest BCUT2D eigenvalue weighted by atomic mass is 10.2. The molecule has 126 valence electrons. The van der Waals surface area contributed by atoms with Crippen molar-refractivity contribution in [1.82, 2.24) is 4.31 Å². The molecule has 2 aromatic rings. The number of unbranched alkanes of at least 4 members (excludes halogenated alkanes) is 1. The third-order valence-electron chi connectivity index (χ3n) is 3.62. The van der Waals surface area contributed by atoms with Crippen LogP contribution < -0.4 is 0 Å². The van der Waals surface area contributed by atoms with Crippen molar-refractivity contribution in [2.75, 3.05) is 12.4 Å². The van der Waals surface area contributed by atoms with Crippen molar-refractivity contribution < 1.29 is 8.42 Å². The topological polar surface area (TPSA) is 37.4 Å². The first-order valence-corrected chi connectivity index (χ1v) is 10.6. The first kappa shape index (κ1) is 18.5. The standard InChI is InChI=1S/C17H22ClNO2S2/c1-2-3-12-19(14-16-5-4-13-22-16)23(20,21)17-8-6-15(7-9-17)10-11-18/h4-9,13H,2-3,10-12,14H2,1H3. The van der Waals surface area contributed by atoms with Crippen LogP contribution in [0.25, 0.3) is 0 Å². The van der Waals surface area contributed by atoms with Crippen LogP contribution in [0.15, 0.2) is 46.7 Å². The van der Waals surface area contributed by atoms with Gasteiger partial charge < -0.3 is 0 Å². The molecule has 0 radical (unpaired) electrons. The summed E-state index contributed by atoms with van der Waals surface area (Å²) in [6.07, 6.45) is 2.57. The molecule has 0 N–H and O–H groups in total. The molecule has 0 atom stereocenters. The molecule has 2 rings (SSSR count). The maximum atomic E-state index is 12.9. The Hall–Kier alpha value is -0.880. The van der Waals surface area contributed by atoms with Gasteiger partial charge in [0.2, 0.25) is 10.0 Å². The number of aryl methyl sites for hydroxylation is 1. The van der Waals surface area contributed by atoms with Crippen LogP contribution in [0.3, 0.4) is 0 Å². The molecule has 3 nitrogen and oxygen atoms in total. The predicted octanol–water partition coefficient (Wildman–Crippen LogP) is 4.52. The Morgan fingerprint density at radius 1 is 1.17 bits per heavy atom. The smallest absolute Gasteiger partial charge is 0.207 e. The van der Waals surface area contributed by atoms with Gasteiger partial charge in [-0.05, 0) is 42.0 Å². The molecule has 0 aliphatic rings. The van der Waals surface area contributed by atoms with Gasteiger partial charge in [-0.3, -0.25) is 0 Å². The van der Waals surface area contributed by atoms with Crippen LogP contribution >= 0.6 is 22.9 Å². The van der Waals surface area contributed by atoms with E-state index in [0.29, 0.717) is 23.9 Å². The van der Waals surface area contributed by atoms with Crippen molar-refractivity contribution in [3.63, 3.8) is 0 Å². The number of nitrogens with zero attached hydrogens (tertiary/aromatic N) is 1. The third kappa shape index (κ3) is 5.05. The van der Waals surface area contributed by atoms with E-state index >= 15 is 0 Å². The van der Waals surface area contributed by atoms with Gasteiger partial charge in [0.05, 0.1) is 4.90 Å². The van der Waals surface area contributed by atoms with E-state index in [4.69, 9.17) is 11.6 Å². The molecule has 0 bridgehead atoms. The Kier molecular flexibility index (Phi) is 7.09. The van der Waals surface area contributed by atoms with Gasteiger partial charge >= 0.3 is 0 Å². The second-order valence-corrected chi connectivity index (χ2v) is 8.70. The van der Waals surface area contributed by atoms with E-state index < -0.39 is 10.0 Å². The maximum Gasteiger partial charge on any atom is 0.243 e. The SMILES string of the molecule is CCCCN(Cc1cccs1)S(=O)(=O)c1ccc(CCCl)cc1. The van der Waals surface area contributed by atoms with Crippen LogP contribution in [0.2, 0.25) is 0 Å². The molecule has 0 fully saturated rings. The maximum absolute atomic E-state index is 12.9. The minimum absolute atomic E-state index is 0.350. The van der Waals surface area contributed by atoms with E-state index in [9.17, 15) is 8.42 Å². The molecule has 0 unspecified atom stereocenters. The highest BCUT2D eigenvalue weighted by atomic mass is 35.5. The number of rotatable bonds is 9. The van der Waals surface area contributed by atoms with Crippen molar-refractivity contribution in [1.29, 1.82) is 0 Å². The van der Waals surface area contributed by atoms with Crippen molar-refractivity contribution in [3.05, 3.63) is 52.2 Å². The summed E-state index contributed by atoms with van der Waals surface area (Å²) < 4.78 is 27.5. The van der Waals surface area contributed by atoms with Crippen LogP contribution in [0, 0.1) is 0 Å². The lowest BCUT2D eigenvalue weighted by molar-refractivity contribution is 0.400. The number of halogens is 1. The zero-order chi connectivity index (χ0) is 16.7. The summed E-state index contributed by atoms with van der Waals surface area (Å²) >= 11 is 7.31.